The molecule has 0 bridgehead atoms. The molecule has 0 saturated carbocycles. The van der Waals surface area contributed by atoms with Crippen LogP contribution in [0.15, 0.2) is 66.7 Å². The molecule has 3 rings (SSSR count). The standard InChI is InChI=1S/C24H26/c1-5-19-16-18(4)22(17(2)3)24(21-14-10-7-11-15-21)23(19)20-12-8-6-9-13-20/h6-17H,5H2,1-4H3. The van der Waals surface area contributed by atoms with E-state index in [1.54, 1.807) is 0 Å². The van der Waals surface area contributed by atoms with Crippen molar-refractivity contribution in [3.05, 3.63) is 83.4 Å². The molecule has 0 heteroatoms. The highest BCUT2D eigenvalue weighted by Crippen LogP contribution is 2.42. The third-order valence-corrected chi connectivity index (χ3v) is 4.74. The molecule has 0 aromatic heterocycles. The second-order valence-corrected chi connectivity index (χ2v) is 6.76. The Morgan fingerprint density at radius 3 is 1.71 bits per heavy atom. The van der Waals surface area contributed by atoms with Crippen molar-refractivity contribution in [3.63, 3.8) is 0 Å². The van der Waals surface area contributed by atoms with Crippen LogP contribution in [0.1, 0.15) is 43.4 Å². The summed E-state index contributed by atoms with van der Waals surface area (Å²) in [6, 6.07) is 24.1. The topological polar surface area (TPSA) is 0 Å². The fourth-order valence-corrected chi connectivity index (χ4v) is 3.77. The Kier molecular flexibility index (Phi) is 4.85. The van der Waals surface area contributed by atoms with Crippen LogP contribution in [0.3, 0.4) is 0 Å². The Bertz CT molecular complexity index is 812. The van der Waals surface area contributed by atoms with Crippen molar-refractivity contribution < 1.29 is 0 Å². The summed E-state index contributed by atoms with van der Waals surface area (Å²) in [6.07, 6.45) is 1.04. The van der Waals surface area contributed by atoms with Crippen molar-refractivity contribution in [1.82, 2.24) is 0 Å². The Labute approximate surface area is 146 Å². The molecule has 24 heavy (non-hydrogen) atoms. The molecule has 0 amide bonds. The zero-order chi connectivity index (χ0) is 17.1. The second-order valence-electron chi connectivity index (χ2n) is 6.76. The zero-order valence-electron chi connectivity index (χ0n) is 15.1. The summed E-state index contributed by atoms with van der Waals surface area (Å²) in [5.74, 6) is 0.494. The van der Waals surface area contributed by atoms with E-state index >= 15 is 0 Å². The lowest BCUT2D eigenvalue weighted by atomic mass is 9.80. The summed E-state index contributed by atoms with van der Waals surface area (Å²) in [5.41, 5.74) is 9.75. The van der Waals surface area contributed by atoms with Crippen LogP contribution in [-0.2, 0) is 6.42 Å². The zero-order valence-corrected chi connectivity index (χ0v) is 15.1. The molecular formula is C24H26. The second kappa shape index (κ2) is 7.05. The molecule has 0 aliphatic heterocycles. The van der Waals surface area contributed by atoms with E-state index in [-0.39, 0.29) is 0 Å². The van der Waals surface area contributed by atoms with Gasteiger partial charge in [-0.15, -0.1) is 0 Å². The highest BCUT2D eigenvalue weighted by molar-refractivity contribution is 5.89. The predicted octanol–water partition coefficient (Wildman–Crippen LogP) is 7.01. The molecule has 0 radical (unpaired) electrons. The van der Waals surface area contributed by atoms with Crippen LogP contribution in [0.2, 0.25) is 0 Å². The molecule has 0 spiro atoms. The smallest absolute Gasteiger partial charge is 0.00653 e. The van der Waals surface area contributed by atoms with E-state index in [9.17, 15) is 0 Å². The molecule has 0 fully saturated rings. The summed E-state index contributed by atoms with van der Waals surface area (Å²) in [6.45, 7) is 9.12. The van der Waals surface area contributed by atoms with Crippen LogP contribution in [0.25, 0.3) is 22.3 Å². The first-order chi connectivity index (χ1) is 11.6. The van der Waals surface area contributed by atoms with Gasteiger partial charge < -0.3 is 0 Å². The molecule has 0 aliphatic carbocycles. The summed E-state index contributed by atoms with van der Waals surface area (Å²) < 4.78 is 0. The van der Waals surface area contributed by atoms with Crippen LogP contribution in [0.5, 0.6) is 0 Å². The van der Waals surface area contributed by atoms with E-state index in [4.69, 9.17) is 0 Å². The molecule has 0 heterocycles. The molecule has 0 unspecified atom stereocenters. The van der Waals surface area contributed by atoms with Gasteiger partial charge in [0, 0.05) is 0 Å². The maximum Gasteiger partial charge on any atom is -0.00653 e. The van der Waals surface area contributed by atoms with Crippen molar-refractivity contribution in [2.24, 2.45) is 0 Å². The summed E-state index contributed by atoms with van der Waals surface area (Å²) in [5, 5.41) is 0. The number of benzene rings is 3. The van der Waals surface area contributed by atoms with E-state index < -0.39 is 0 Å². The fourth-order valence-electron chi connectivity index (χ4n) is 3.77. The Morgan fingerprint density at radius 2 is 1.25 bits per heavy atom. The van der Waals surface area contributed by atoms with Gasteiger partial charge in [-0.3, -0.25) is 0 Å². The van der Waals surface area contributed by atoms with Crippen LogP contribution < -0.4 is 0 Å². The number of aryl methyl sites for hydroxylation is 2. The number of rotatable bonds is 4. The van der Waals surface area contributed by atoms with Gasteiger partial charge in [0.25, 0.3) is 0 Å². The summed E-state index contributed by atoms with van der Waals surface area (Å²) in [4.78, 5) is 0. The highest BCUT2D eigenvalue weighted by Gasteiger charge is 2.19. The minimum absolute atomic E-state index is 0.494. The molecule has 0 atom stereocenters. The van der Waals surface area contributed by atoms with Gasteiger partial charge in [-0.1, -0.05) is 87.5 Å². The minimum atomic E-state index is 0.494. The lowest BCUT2D eigenvalue weighted by Gasteiger charge is -2.24. The normalized spacial score (nSPS) is 11.0. The molecular weight excluding hydrogens is 288 g/mol. The first kappa shape index (κ1) is 16.5. The van der Waals surface area contributed by atoms with Crippen molar-refractivity contribution in [2.45, 2.75) is 40.0 Å². The molecule has 0 saturated heterocycles. The Hall–Kier alpha value is -2.34. The SMILES string of the molecule is CCc1cc(C)c(C(C)C)c(-c2ccccc2)c1-c1ccccc1. The van der Waals surface area contributed by atoms with Gasteiger partial charge >= 0.3 is 0 Å². The maximum absolute atomic E-state index is 2.39. The molecule has 0 N–H and O–H groups in total. The van der Waals surface area contributed by atoms with Crippen LogP contribution in [-0.4, -0.2) is 0 Å². The number of hydrogen-bond acceptors (Lipinski definition) is 0. The Balaban J connectivity index is 2.44. The van der Waals surface area contributed by atoms with E-state index in [2.05, 4.69) is 94.4 Å². The van der Waals surface area contributed by atoms with Gasteiger partial charge in [-0.05, 0) is 58.2 Å². The lowest BCUT2D eigenvalue weighted by molar-refractivity contribution is 0.857. The van der Waals surface area contributed by atoms with Crippen LogP contribution >= 0.6 is 0 Å². The quantitative estimate of drug-likeness (QED) is 0.485. The first-order valence-electron chi connectivity index (χ1n) is 8.90. The van der Waals surface area contributed by atoms with Crippen molar-refractivity contribution in [1.29, 1.82) is 0 Å². The van der Waals surface area contributed by atoms with Gasteiger partial charge in [-0.2, -0.15) is 0 Å². The average molecular weight is 314 g/mol. The van der Waals surface area contributed by atoms with E-state index in [1.165, 1.54) is 38.9 Å². The third kappa shape index (κ3) is 3.01. The van der Waals surface area contributed by atoms with Crippen molar-refractivity contribution >= 4 is 0 Å². The molecule has 3 aromatic rings. The predicted molar refractivity (Wildman–Crippen MR) is 106 cm³/mol. The van der Waals surface area contributed by atoms with Crippen LogP contribution in [0, 0.1) is 6.92 Å². The fraction of sp³-hybridized carbons (Fsp3) is 0.250. The highest BCUT2D eigenvalue weighted by atomic mass is 14.2. The monoisotopic (exact) mass is 314 g/mol. The van der Waals surface area contributed by atoms with Gasteiger partial charge in [0.15, 0.2) is 0 Å². The third-order valence-electron chi connectivity index (χ3n) is 4.74. The first-order valence-corrected chi connectivity index (χ1v) is 8.90. The summed E-state index contributed by atoms with van der Waals surface area (Å²) >= 11 is 0. The lowest BCUT2D eigenvalue weighted by Crippen LogP contribution is -2.03. The van der Waals surface area contributed by atoms with E-state index in [0.717, 1.165) is 6.42 Å². The average Bonchev–Trinajstić information content (AvgIpc) is 2.61. The van der Waals surface area contributed by atoms with E-state index in [1.807, 2.05) is 0 Å². The largest absolute Gasteiger partial charge is 0.0622 e. The minimum Gasteiger partial charge on any atom is -0.0622 e. The van der Waals surface area contributed by atoms with Gasteiger partial charge in [-0.25, -0.2) is 0 Å². The van der Waals surface area contributed by atoms with Gasteiger partial charge in [0.2, 0.25) is 0 Å². The van der Waals surface area contributed by atoms with Gasteiger partial charge in [0.05, 0.1) is 0 Å². The molecule has 0 nitrogen and oxygen atoms in total. The Morgan fingerprint density at radius 1 is 0.750 bits per heavy atom. The van der Waals surface area contributed by atoms with Crippen LogP contribution in [0.4, 0.5) is 0 Å². The van der Waals surface area contributed by atoms with Crippen molar-refractivity contribution in [3.8, 4) is 22.3 Å². The molecule has 0 aliphatic rings. The van der Waals surface area contributed by atoms with Gasteiger partial charge in [0.1, 0.15) is 0 Å². The van der Waals surface area contributed by atoms with Crippen molar-refractivity contribution in [2.75, 3.05) is 0 Å². The number of hydrogen-bond donors (Lipinski definition) is 0. The molecule has 122 valence electrons. The molecule has 3 aromatic carbocycles. The summed E-state index contributed by atoms with van der Waals surface area (Å²) in [7, 11) is 0. The van der Waals surface area contributed by atoms with E-state index in [0.29, 0.717) is 5.92 Å². The maximum atomic E-state index is 2.39.